The molecule has 2 N–H and O–H groups in total. The van der Waals surface area contributed by atoms with Crippen molar-refractivity contribution in [3.63, 3.8) is 0 Å². The largest absolute Gasteiger partial charge is 0.381 e. The van der Waals surface area contributed by atoms with E-state index in [0.717, 1.165) is 24.0 Å². The number of hydrogen-bond donors (Lipinski definition) is 2. The highest BCUT2D eigenvalue weighted by Crippen LogP contribution is 2.33. The van der Waals surface area contributed by atoms with Gasteiger partial charge in [-0.25, -0.2) is 4.39 Å². The number of benzene rings is 2. The average molecular weight is 533 g/mol. The van der Waals surface area contributed by atoms with Crippen molar-refractivity contribution >= 4 is 23.4 Å². The fourth-order valence-electron chi connectivity index (χ4n) is 4.78. The Morgan fingerprint density at radius 3 is 2.76 bits per heavy atom. The minimum atomic E-state index is -3.26. The number of rotatable bonds is 6. The second-order valence-electron chi connectivity index (χ2n) is 10.0. The van der Waals surface area contributed by atoms with E-state index in [1.165, 1.54) is 26.0 Å². The Kier molecular flexibility index (Phi) is 4.28. The molecule has 2 aromatic rings. The molecule has 2 fully saturated rings. The number of nitrogens with zero attached hydrogens (tertiary/aromatic N) is 2. The lowest BCUT2D eigenvalue weighted by atomic mass is 9.98. The molecule has 3 heterocycles. The van der Waals surface area contributed by atoms with Gasteiger partial charge in [0.1, 0.15) is 11.8 Å². The average Bonchev–Trinajstić information content (AvgIpc) is 3.30. The molecule has 202 valence electrons. The molecule has 3 amide bonds. The van der Waals surface area contributed by atoms with Crippen molar-refractivity contribution in [1.82, 2.24) is 15.1 Å². The number of nitrogens with one attached hydrogen (secondary N) is 2. The highest BCUT2D eigenvalue weighted by Gasteiger charge is 2.40. The Hall–Kier alpha value is -3.30. The van der Waals surface area contributed by atoms with Gasteiger partial charge in [0.15, 0.2) is 0 Å². The van der Waals surface area contributed by atoms with Crippen LogP contribution in [0.3, 0.4) is 0 Å². The molecule has 2 saturated heterocycles. The van der Waals surface area contributed by atoms with Crippen LogP contribution in [0, 0.1) is 5.82 Å². The lowest BCUT2D eigenvalue weighted by Gasteiger charge is -2.47. The first-order valence-corrected chi connectivity index (χ1v) is 12.1. The summed E-state index contributed by atoms with van der Waals surface area (Å²) in [7, 11) is 0. The maximum atomic E-state index is 15.6. The molecule has 38 heavy (non-hydrogen) atoms. The van der Waals surface area contributed by atoms with Gasteiger partial charge in [0, 0.05) is 73.7 Å². The number of amides is 3. The van der Waals surface area contributed by atoms with E-state index in [0.29, 0.717) is 11.3 Å². The second-order valence-corrected chi connectivity index (χ2v) is 10.0. The first-order chi connectivity index (χ1) is 21.8. The van der Waals surface area contributed by atoms with Crippen LogP contribution in [0.4, 0.5) is 10.1 Å². The number of carbonyl (C=O) groups excluding carboxylic acids is 3. The standard InChI is InChI=1S/C29H35FN4O4/c1-28(2)16-33(17-29(3,4)38-28)14-18-8-9-19(22(30)12-18)13-31-23-7-5-6-20-21(23)15-34(27(20)37)24-10-11-25(35)32-26(24)36/h5-9,12,24,31H,10-11,13-17H2,1-4H3,(H,32,35,36)/i1D3,14D2,16D2,17D2,24D. The van der Waals surface area contributed by atoms with E-state index >= 15 is 4.39 Å². The summed E-state index contributed by atoms with van der Waals surface area (Å²) in [5.41, 5.74) is -4.09. The highest BCUT2D eigenvalue weighted by atomic mass is 19.1. The summed E-state index contributed by atoms with van der Waals surface area (Å²) >= 11 is 0. The summed E-state index contributed by atoms with van der Waals surface area (Å²) in [4.78, 5) is 38.6. The third kappa shape index (κ3) is 5.44. The number of ether oxygens (including phenoxy) is 1. The summed E-state index contributed by atoms with van der Waals surface area (Å²) in [6.45, 7) is -9.42. The van der Waals surface area contributed by atoms with Crippen LogP contribution in [-0.4, -0.2) is 57.7 Å². The van der Waals surface area contributed by atoms with Crippen LogP contribution in [0.5, 0.6) is 0 Å². The topological polar surface area (TPSA) is 91.0 Å². The van der Waals surface area contributed by atoms with Crippen molar-refractivity contribution in [3.05, 3.63) is 64.5 Å². The van der Waals surface area contributed by atoms with Gasteiger partial charge in [0.05, 0.1) is 12.6 Å². The number of anilines is 1. The zero-order chi connectivity index (χ0) is 36.0. The van der Waals surface area contributed by atoms with E-state index in [-0.39, 0.29) is 42.0 Å². The van der Waals surface area contributed by atoms with Gasteiger partial charge in [-0.1, -0.05) is 18.2 Å². The molecule has 0 aliphatic carbocycles. The van der Waals surface area contributed by atoms with Crippen molar-refractivity contribution in [2.75, 3.05) is 18.3 Å². The van der Waals surface area contributed by atoms with Crippen LogP contribution in [0.15, 0.2) is 36.4 Å². The summed E-state index contributed by atoms with van der Waals surface area (Å²) in [6, 6.07) is 5.87. The fourth-order valence-corrected chi connectivity index (χ4v) is 4.78. The highest BCUT2D eigenvalue weighted by molar-refractivity contribution is 6.06. The van der Waals surface area contributed by atoms with Gasteiger partial charge in [-0.15, -0.1) is 0 Å². The molecule has 2 atom stereocenters. The number of morpholine rings is 1. The Morgan fingerprint density at radius 2 is 2.03 bits per heavy atom. The molecular formula is C29H35FN4O4. The number of piperidine rings is 1. The van der Waals surface area contributed by atoms with Crippen molar-refractivity contribution in [3.8, 4) is 0 Å². The molecule has 0 aromatic heterocycles. The zero-order valence-electron chi connectivity index (χ0n) is 31.2. The molecule has 2 aromatic carbocycles. The van der Waals surface area contributed by atoms with Gasteiger partial charge in [0.2, 0.25) is 11.8 Å². The molecule has 0 spiro atoms. The van der Waals surface area contributed by atoms with Crippen LogP contribution in [0.2, 0.25) is 0 Å². The predicted molar refractivity (Wildman–Crippen MR) is 141 cm³/mol. The van der Waals surface area contributed by atoms with E-state index in [4.69, 9.17) is 18.4 Å². The fraction of sp³-hybridized carbons (Fsp3) is 0.483. The molecule has 3 aliphatic rings. The third-order valence-electron chi connectivity index (χ3n) is 6.33. The van der Waals surface area contributed by atoms with Crippen molar-refractivity contribution in [1.29, 1.82) is 0 Å². The first kappa shape index (κ1) is 16.6. The van der Waals surface area contributed by atoms with Gasteiger partial charge in [-0.3, -0.25) is 24.6 Å². The van der Waals surface area contributed by atoms with Crippen LogP contribution in [-0.2, 0) is 33.9 Å². The summed E-state index contributed by atoms with van der Waals surface area (Å²) in [6.07, 6.45) is -0.281. The molecule has 8 nitrogen and oxygen atoms in total. The maximum Gasteiger partial charge on any atom is 0.255 e. The third-order valence-corrected chi connectivity index (χ3v) is 6.33. The molecule has 0 radical (unpaired) electrons. The minimum Gasteiger partial charge on any atom is -0.381 e. The van der Waals surface area contributed by atoms with E-state index in [2.05, 4.69) is 10.6 Å². The van der Waals surface area contributed by atoms with Crippen LogP contribution < -0.4 is 10.6 Å². The number of imide groups is 1. The maximum absolute atomic E-state index is 15.6. The monoisotopic (exact) mass is 532 g/mol. The summed E-state index contributed by atoms with van der Waals surface area (Å²) in [5.74, 6) is -2.95. The van der Waals surface area contributed by atoms with E-state index in [1.807, 2.05) is 0 Å². The molecular weight excluding hydrogens is 487 g/mol. The SMILES string of the molecule is [2H]C1(N2Cc3c(NCc4ccc(C([2H])([2H])N5C([2H])([2H])C(C)(C)OC(C)(C([2H])([2H])[2H])C5([2H])[2H])cc4F)cccc3C2=O)CCC(=O)NC1=O. The Balaban J connectivity index is 1.41. The van der Waals surface area contributed by atoms with E-state index < -0.39 is 72.7 Å². The Labute approximate surface area is 236 Å². The lowest BCUT2D eigenvalue weighted by molar-refractivity contribution is -0.182. The predicted octanol–water partition coefficient (Wildman–Crippen LogP) is 3.59. The Bertz CT molecular complexity index is 1700. The van der Waals surface area contributed by atoms with Crippen LogP contribution in [0.1, 0.15) is 81.2 Å². The number of hydrogen-bond acceptors (Lipinski definition) is 6. The van der Waals surface area contributed by atoms with Crippen LogP contribution >= 0.6 is 0 Å². The van der Waals surface area contributed by atoms with Crippen molar-refractivity contribution in [2.45, 2.75) is 77.3 Å². The van der Waals surface area contributed by atoms with Gasteiger partial charge in [-0.05, 0) is 57.8 Å². The lowest BCUT2D eigenvalue weighted by Crippen LogP contribution is -2.56. The van der Waals surface area contributed by atoms with Gasteiger partial charge >= 0.3 is 0 Å². The quantitative estimate of drug-likeness (QED) is 0.553. The molecule has 3 aliphatic heterocycles. The first-order valence-electron chi connectivity index (χ1n) is 17.1. The number of carbonyl (C=O) groups is 3. The smallest absolute Gasteiger partial charge is 0.255 e. The molecule has 5 rings (SSSR count). The van der Waals surface area contributed by atoms with Gasteiger partial charge in [-0.2, -0.15) is 0 Å². The number of fused-ring (bicyclic) bond motifs is 1. The second kappa shape index (κ2) is 9.78. The van der Waals surface area contributed by atoms with Crippen molar-refractivity contribution < 1.29 is 37.2 Å². The minimum absolute atomic E-state index is 0.0242. The summed E-state index contributed by atoms with van der Waals surface area (Å²) in [5, 5.41) is 5.13. The van der Waals surface area contributed by atoms with E-state index in [9.17, 15) is 14.4 Å². The molecule has 9 heteroatoms. The summed E-state index contributed by atoms with van der Waals surface area (Å²) < 4.78 is 106. The van der Waals surface area contributed by atoms with Crippen molar-refractivity contribution in [2.24, 2.45) is 0 Å². The molecule has 0 bridgehead atoms. The zero-order valence-corrected chi connectivity index (χ0v) is 21.2. The normalized spacial score (nSPS) is 34.5. The van der Waals surface area contributed by atoms with Crippen LogP contribution in [0.25, 0.3) is 0 Å². The van der Waals surface area contributed by atoms with E-state index in [1.54, 1.807) is 12.1 Å². The van der Waals surface area contributed by atoms with Gasteiger partial charge < -0.3 is 15.0 Å². The molecule has 0 saturated carbocycles. The number of halogens is 1. The molecule has 2 unspecified atom stereocenters. The van der Waals surface area contributed by atoms with Gasteiger partial charge in [0.25, 0.3) is 5.91 Å². The Morgan fingerprint density at radius 1 is 1.24 bits per heavy atom.